The summed E-state index contributed by atoms with van der Waals surface area (Å²) in [5.74, 6) is 0.237. The molecule has 1 aromatic heterocycles. The lowest BCUT2D eigenvalue weighted by Gasteiger charge is -2.68. The van der Waals surface area contributed by atoms with Gasteiger partial charge in [-0.05, 0) is 107 Å². The van der Waals surface area contributed by atoms with Gasteiger partial charge < -0.3 is 9.30 Å². The number of ether oxygens (including phenoxy) is 1. The molecule has 0 spiro atoms. The molecule has 6 heteroatoms. The first-order valence-electron chi connectivity index (χ1n) is 14.1. The molecule has 5 fully saturated rings. The largest absolute Gasteiger partial charge is 0.461 e. The summed E-state index contributed by atoms with van der Waals surface area (Å²) in [5, 5.41) is 0. The number of nitrogens with zero attached hydrogens (tertiary/aromatic N) is 3. The molecule has 4 bridgehead atoms. The average molecular weight is 492 g/mol. The second-order valence-corrected chi connectivity index (χ2v) is 13.3. The number of esters is 1. The molecule has 0 radical (unpaired) electrons. The van der Waals surface area contributed by atoms with Gasteiger partial charge in [0, 0.05) is 17.6 Å². The number of para-hydroxylation sites is 2. The van der Waals surface area contributed by atoms with Crippen molar-refractivity contribution in [1.82, 2.24) is 14.5 Å². The Labute approximate surface area is 214 Å². The third-order valence-electron chi connectivity index (χ3n) is 9.90. The van der Waals surface area contributed by atoms with E-state index in [-0.39, 0.29) is 23.9 Å². The number of carbonyl (C=O) groups is 1. The Hall–Kier alpha value is -2.21. The van der Waals surface area contributed by atoms with Crippen LogP contribution in [0.2, 0.25) is 0 Å². The van der Waals surface area contributed by atoms with Gasteiger partial charge >= 0.3 is 5.97 Å². The highest BCUT2D eigenvalue weighted by Gasteiger charge is 2.62. The molecule has 4 atom stereocenters. The molecule has 7 rings (SSSR count). The van der Waals surface area contributed by atoms with Gasteiger partial charge in [-0.1, -0.05) is 26.0 Å². The van der Waals surface area contributed by atoms with E-state index in [1.807, 2.05) is 28.8 Å². The Morgan fingerprint density at radius 1 is 1.14 bits per heavy atom. The molecule has 2 unspecified atom stereocenters. The zero-order valence-corrected chi connectivity index (χ0v) is 22.4. The Kier molecular flexibility index (Phi) is 5.64. The summed E-state index contributed by atoms with van der Waals surface area (Å²) in [6.07, 6.45) is 11.6. The zero-order valence-electron chi connectivity index (χ0n) is 22.4. The van der Waals surface area contributed by atoms with E-state index in [1.54, 1.807) is 6.92 Å². The molecule has 1 aromatic carbocycles. The molecule has 36 heavy (non-hydrogen) atoms. The van der Waals surface area contributed by atoms with Crippen LogP contribution in [0.15, 0.2) is 29.1 Å². The minimum Gasteiger partial charge on any atom is -0.461 e. The van der Waals surface area contributed by atoms with Crippen molar-refractivity contribution in [2.75, 3.05) is 13.2 Å². The monoisotopic (exact) mass is 491 g/mol. The number of benzene rings is 1. The molecule has 1 saturated heterocycles. The summed E-state index contributed by atoms with van der Waals surface area (Å²) in [6.45, 7) is 10.4. The van der Waals surface area contributed by atoms with E-state index in [0.29, 0.717) is 27.9 Å². The predicted octanol–water partition coefficient (Wildman–Crippen LogP) is 5.74. The predicted molar refractivity (Wildman–Crippen MR) is 141 cm³/mol. The fraction of sp³-hybridized carbons (Fsp3) is 0.700. The Morgan fingerprint density at radius 2 is 1.86 bits per heavy atom. The highest BCUT2D eigenvalue weighted by Crippen LogP contribution is 2.68. The van der Waals surface area contributed by atoms with Crippen molar-refractivity contribution >= 4 is 17.0 Å². The van der Waals surface area contributed by atoms with Crippen molar-refractivity contribution in [3.8, 4) is 0 Å². The fourth-order valence-corrected chi connectivity index (χ4v) is 9.84. The third kappa shape index (κ3) is 3.82. The molecule has 4 aliphatic carbocycles. The van der Waals surface area contributed by atoms with Gasteiger partial charge in [-0.3, -0.25) is 9.69 Å². The van der Waals surface area contributed by atoms with Crippen LogP contribution < -0.4 is 5.56 Å². The summed E-state index contributed by atoms with van der Waals surface area (Å²) in [7, 11) is 0. The van der Waals surface area contributed by atoms with Gasteiger partial charge in [0.25, 0.3) is 5.56 Å². The van der Waals surface area contributed by atoms with Crippen LogP contribution in [0.4, 0.5) is 0 Å². The number of likely N-dealkylation sites (tertiary alicyclic amines) is 1. The number of hydrogen-bond acceptors (Lipinski definition) is 5. The van der Waals surface area contributed by atoms with Crippen LogP contribution in [0.3, 0.4) is 0 Å². The van der Waals surface area contributed by atoms with Crippen molar-refractivity contribution < 1.29 is 9.53 Å². The summed E-state index contributed by atoms with van der Waals surface area (Å²) in [6, 6.07) is 8.09. The molecule has 2 heterocycles. The van der Waals surface area contributed by atoms with E-state index in [2.05, 4.69) is 30.7 Å². The van der Waals surface area contributed by atoms with Gasteiger partial charge in [0.2, 0.25) is 5.69 Å². The maximum absolute atomic E-state index is 13.6. The molecular formula is C30H41N3O3. The highest BCUT2D eigenvalue weighted by molar-refractivity contribution is 5.89. The first-order chi connectivity index (χ1) is 17.1. The number of hydrogen-bond donors (Lipinski definition) is 0. The van der Waals surface area contributed by atoms with Crippen LogP contribution in [0, 0.1) is 16.7 Å². The molecule has 194 valence electrons. The Morgan fingerprint density at radius 3 is 2.56 bits per heavy atom. The van der Waals surface area contributed by atoms with Gasteiger partial charge in [-0.25, -0.2) is 9.78 Å². The molecule has 1 aliphatic heterocycles. The van der Waals surface area contributed by atoms with Crippen molar-refractivity contribution in [3.63, 3.8) is 0 Å². The SMILES string of the molecule is CCOC(=O)c1nc2ccccc2n([C@@H](C)C[C@@H]2CCCN2C23CC4CC(C)(CC(C)(C4)C2)C3)c1=O. The van der Waals surface area contributed by atoms with E-state index in [1.165, 1.54) is 57.9 Å². The van der Waals surface area contributed by atoms with Crippen molar-refractivity contribution in [2.24, 2.45) is 16.7 Å². The minimum atomic E-state index is -0.633. The standard InChI is InChI=1S/C30H41N3O3/c1-5-36-27(35)25-26(34)33(24-11-7-6-10-23(24)31-25)20(2)13-22-9-8-12-32(22)30-16-21-14-28(3,18-30)17-29(4,15-21)19-30/h6-7,10-11,20-22H,5,8-9,12-19H2,1-4H3/t20-,21?,22-,28?,29?,30?/m0/s1. The molecule has 2 aromatic rings. The lowest BCUT2D eigenvalue weighted by Crippen LogP contribution is -2.66. The second-order valence-electron chi connectivity index (χ2n) is 13.3. The normalized spacial score (nSPS) is 36.4. The smallest absolute Gasteiger partial charge is 0.362 e. The van der Waals surface area contributed by atoms with Gasteiger partial charge in [0.15, 0.2) is 0 Å². The van der Waals surface area contributed by atoms with Crippen molar-refractivity contribution in [2.45, 2.75) is 103 Å². The zero-order chi connectivity index (χ0) is 25.3. The van der Waals surface area contributed by atoms with Crippen LogP contribution in [0.1, 0.15) is 102 Å². The number of fused-ring (bicyclic) bond motifs is 1. The summed E-state index contributed by atoms with van der Waals surface area (Å²) in [5.41, 5.74) is 2.32. The van der Waals surface area contributed by atoms with Crippen LogP contribution in [0.25, 0.3) is 11.0 Å². The average Bonchev–Trinajstić information content (AvgIpc) is 3.25. The van der Waals surface area contributed by atoms with E-state index in [9.17, 15) is 9.59 Å². The van der Waals surface area contributed by atoms with Gasteiger partial charge in [0.1, 0.15) is 0 Å². The maximum Gasteiger partial charge on any atom is 0.362 e. The summed E-state index contributed by atoms with van der Waals surface area (Å²) >= 11 is 0. The summed E-state index contributed by atoms with van der Waals surface area (Å²) < 4.78 is 6.99. The number of rotatable bonds is 6. The Balaban J connectivity index is 1.33. The van der Waals surface area contributed by atoms with Crippen LogP contribution in [0.5, 0.6) is 0 Å². The van der Waals surface area contributed by atoms with E-state index in [4.69, 9.17) is 4.74 Å². The lowest BCUT2D eigenvalue weighted by molar-refractivity contribution is -0.165. The first kappa shape index (κ1) is 24.1. The van der Waals surface area contributed by atoms with Crippen molar-refractivity contribution in [1.29, 1.82) is 0 Å². The van der Waals surface area contributed by atoms with Crippen LogP contribution in [-0.2, 0) is 4.74 Å². The molecular weight excluding hydrogens is 450 g/mol. The number of aromatic nitrogens is 2. The highest BCUT2D eigenvalue weighted by atomic mass is 16.5. The minimum absolute atomic E-state index is 0.0377. The molecule has 0 N–H and O–H groups in total. The molecule has 6 nitrogen and oxygen atoms in total. The second kappa shape index (κ2) is 8.41. The fourth-order valence-electron chi connectivity index (χ4n) is 9.84. The van der Waals surface area contributed by atoms with Gasteiger partial charge in [-0.2, -0.15) is 0 Å². The van der Waals surface area contributed by atoms with E-state index in [0.717, 1.165) is 17.9 Å². The molecule has 5 aliphatic rings. The topological polar surface area (TPSA) is 64.4 Å². The lowest BCUT2D eigenvalue weighted by atomic mass is 9.42. The van der Waals surface area contributed by atoms with Crippen molar-refractivity contribution in [3.05, 3.63) is 40.3 Å². The van der Waals surface area contributed by atoms with E-state index < -0.39 is 5.97 Å². The van der Waals surface area contributed by atoms with Crippen LogP contribution in [-0.4, -0.2) is 45.2 Å². The Bertz CT molecular complexity index is 1230. The molecule has 0 amide bonds. The first-order valence-corrected chi connectivity index (χ1v) is 14.1. The third-order valence-corrected chi connectivity index (χ3v) is 9.90. The number of carbonyl (C=O) groups excluding carboxylic acids is 1. The van der Waals surface area contributed by atoms with Crippen LogP contribution >= 0.6 is 0 Å². The molecule has 4 saturated carbocycles. The maximum atomic E-state index is 13.6. The summed E-state index contributed by atoms with van der Waals surface area (Å²) in [4.78, 5) is 33.5. The van der Waals surface area contributed by atoms with Gasteiger partial charge in [-0.15, -0.1) is 0 Å². The van der Waals surface area contributed by atoms with Gasteiger partial charge in [0.05, 0.1) is 17.6 Å². The van der Waals surface area contributed by atoms with E-state index >= 15 is 0 Å². The quantitative estimate of drug-likeness (QED) is 0.482.